The van der Waals surface area contributed by atoms with Gasteiger partial charge < -0.3 is 10.3 Å². The Bertz CT molecular complexity index is 126. The highest BCUT2D eigenvalue weighted by Crippen LogP contribution is 2.10. The molecule has 0 aliphatic heterocycles. The summed E-state index contributed by atoms with van der Waals surface area (Å²) in [6.45, 7) is 3.05. The second-order valence-corrected chi connectivity index (χ2v) is 4.99. The molecule has 1 N–H and O–H groups in total. The van der Waals surface area contributed by atoms with Gasteiger partial charge in [0, 0.05) is 0 Å². The van der Waals surface area contributed by atoms with Crippen molar-refractivity contribution in [3.8, 4) is 0 Å². The topological polar surface area (TPSA) is 27.5 Å². The molecule has 2 nitrogen and oxygen atoms in total. The molecule has 0 amide bonds. The van der Waals surface area contributed by atoms with Crippen LogP contribution in [0.2, 0.25) is 0 Å². The zero-order valence-corrected chi connectivity index (χ0v) is 11.4. The summed E-state index contributed by atoms with van der Waals surface area (Å²) in [5.74, 6) is 0. The minimum atomic E-state index is 0.343. The number of nitrogens with one attached hydrogen (secondary N) is 1. The van der Waals surface area contributed by atoms with E-state index in [4.69, 9.17) is 0 Å². The average molecular weight is 229 g/mol. The summed E-state index contributed by atoms with van der Waals surface area (Å²) in [5.41, 5.74) is 0. The first-order valence-corrected chi connectivity index (χ1v) is 7.26. The minimum Gasteiger partial charge on any atom is -0.634 e. The lowest BCUT2D eigenvalue weighted by Gasteiger charge is -2.15. The number of hydrogen-bond acceptors (Lipinski definition) is 1. The molecule has 0 saturated heterocycles. The van der Waals surface area contributed by atoms with Gasteiger partial charge in [-0.1, -0.05) is 64.7 Å². The lowest BCUT2D eigenvalue weighted by molar-refractivity contribution is -0.826. The fraction of sp³-hybridized carbons (Fsp3) is 1.00. The van der Waals surface area contributed by atoms with E-state index < -0.39 is 0 Å². The third-order valence-corrected chi connectivity index (χ3v) is 3.13. The van der Waals surface area contributed by atoms with Gasteiger partial charge in [-0.25, -0.2) is 0 Å². The van der Waals surface area contributed by atoms with E-state index in [2.05, 4.69) is 6.92 Å². The lowest BCUT2D eigenvalue weighted by atomic mass is 10.1. The molecular formula is C14H31NO. The largest absolute Gasteiger partial charge is 0.634 e. The van der Waals surface area contributed by atoms with E-state index in [9.17, 15) is 5.21 Å². The first-order valence-electron chi connectivity index (χ1n) is 7.26. The maximum Gasteiger partial charge on any atom is 0.0766 e. The van der Waals surface area contributed by atoms with Crippen LogP contribution in [0, 0.1) is 5.21 Å². The van der Waals surface area contributed by atoms with Crippen LogP contribution in [0.5, 0.6) is 0 Å². The van der Waals surface area contributed by atoms with Crippen molar-refractivity contribution < 1.29 is 5.06 Å². The van der Waals surface area contributed by atoms with Gasteiger partial charge in [0.05, 0.1) is 13.6 Å². The smallest absolute Gasteiger partial charge is 0.0766 e. The molecule has 0 radical (unpaired) electrons. The van der Waals surface area contributed by atoms with E-state index in [0.29, 0.717) is 5.06 Å². The van der Waals surface area contributed by atoms with Crippen molar-refractivity contribution >= 4 is 0 Å². The van der Waals surface area contributed by atoms with Crippen LogP contribution >= 0.6 is 0 Å². The van der Waals surface area contributed by atoms with Gasteiger partial charge in [0.2, 0.25) is 0 Å². The first-order chi connectivity index (χ1) is 7.77. The van der Waals surface area contributed by atoms with E-state index in [1.165, 1.54) is 64.2 Å². The molecule has 0 rings (SSSR count). The molecule has 0 aromatic heterocycles. The fourth-order valence-electron chi connectivity index (χ4n) is 2.04. The van der Waals surface area contributed by atoms with Crippen molar-refractivity contribution in [2.45, 2.75) is 77.6 Å². The highest BCUT2D eigenvalue weighted by molar-refractivity contribution is 4.47. The van der Waals surface area contributed by atoms with Gasteiger partial charge >= 0.3 is 0 Å². The Kier molecular flexibility index (Phi) is 12.9. The summed E-state index contributed by atoms with van der Waals surface area (Å²) in [4.78, 5) is 0. The van der Waals surface area contributed by atoms with Crippen LogP contribution in [0.15, 0.2) is 0 Å². The van der Waals surface area contributed by atoms with Crippen molar-refractivity contribution in [1.29, 1.82) is 0 Å². The Balaban J connectivity index is 2.88. The summed E-state index contributed by atoms with van der Waals surface area (Å²) < 4.78 is 0. The third kappa shape index (κ3) is 13.9. The molecule has 1 unspecified atom stereocenters. The molecule has 98 valence electrons. The van der Waals surface area contributed by atoms with Crippen LogP contribution in [-0.4, -0.2) is 13.6 Å². The normalized spacial score (nSPS) is 12.9. The number of hydrogen-bond donors (Lipinski definition) is 1. The van der Waals surface area contributed by atoms with Gasteiger partial charge in [0.25, 0.3) is 0 Å². The van der Waals surface area contributed by atoms with Crippen LogP contribution in [-0.2, 0) is 0 Å². The molecule has 0 fully saturated rings. The summed E-state index contributed by atoms with van der Waals surface area (Å²) in [6.07, 6.45) is 14.9. The summed E-state index contributed by atoms with van der Waals surface area (Å²) in [7, 11) is 1.69. The molecule has 0 spiro atoms. The predicted octanol–water partition coefficient (Wildman–Crippen LogP) is 3.31. The summed E-state index contributed by atoms with van der Waals surface area (Å²) in [5, 5.41) is 11.0. The van der Waals surface area contributed by atoms with E-state index in [1.54, 1.807) is 7.05 Å². The molecule has 2 heteroatoms. The van der Waals surface area contributed by atoms with Crippen LogP contribution < -0.4 is 5.06 Å². The van der Waals surface area contributed by atoms with Crippen molar-refractivity contribution in [2.24, 2.45) is 0 Å². The molecule has 0 aliphatic carbocycles. The number of quaternary nitrogens is 1. The van der Waals surface area contributed by atoms with Crippen LogP contribution in [0.25, 0.3) is 0 Å². The third-order valence-electron chi connectivity index (χ3n) is 3.13. The van der Waals surface area contributed by atoms with Crippen LogP contribution in [0.1, 0.15) is 77.6 Å². The van der Waals surface area contributed by atoms with Gasteiger partial charge in [-0.05, 0) is 12.8 Å². The zero-order chi connectivity index (χ0) is 12.1. The maximum atomic E-state index is 10.7. The van der Waals surface area contributed by atoms with E-state index in [1.807, 2.05) is 0 Å². The molecule has 0 aromatic carbocycles. The van der Waals surface area contributed by atoms with Crippen molar-refractivity contribution in [1.82, 2.24) is 0 Å². The molecule has 0 aromatic rings. The Labute approximate surface area is 102 Å². The highest BCUT2D eigenvalue weighted by Gasteiger charge is 1.93. The number of rotatable bonds is 12. The molecule has 16 heavy (non-hydrogen) atoms. The quantitative estimate of drug-likeness (QED) is 0.403. The lowest BCUT2D eigenvalue weighted by Crippen LogP contribution is -3.03. The number of hydroxylamine groups is 2. The molecular weight excluding hydrogens is 198 g/mol. The molecule has 1 atom stereocenters. The Morgan fingerprint density at radius 3 is 1.44 bits per heavy atom. The SMILES string of the molecule is CCCCCCCCCCCCC[NH+](C)[O-]. The van der Waals surface area contributed by atoms with Gasteiger partial charge in [-0.15, -0.1) is 0 Å². The molecule has 0 saturated carbocycles. The predicted molar refractivity (Wildman–Crippen MR) is 71.6 cm³/mol. The van der Waals surface area contributed by atoms with Crippen molar-refractivity contribution in [3.05, 3.63) is 5.21 Å². The standard InChI is InChI=1S/C14H31NO/c1-3-4-5-6-7-8-9-10-11-12-13-14-15(2)16/h15H,3-14H2,1-2H3. The monoisotopic (exact) mass is 229 g/mol. The minimum absolute atomic E-state index is 0.343. The Morgan fingerprint density at radius 1 is 0.688 bits per heavy atom. The van der Waals surface area contributed by atoms with Gasteiger partial charge in [0.1, 0.15) is 0 Å². The molecule has 0 aliphatic rings. The van der Waals surface area contributed by atoms with Crippen molar-refractivity contribution in [3.63, 3.8) is 0 Å². The second kappa shape index (κ2) is 13.0. The number of unbranched alkanes of at least 4 members (excludes halogenated alkanes) is 10. The van der Waals surface area contributed by atoms with E-state index in [-0.39, 0.29) is 0 Å². The van der Waals surface area contributed by atoms with Gasteiger partial charge in [-0.2, -0.15) is 0 Å². The highest BCUT2D eigenvalue weighted by atomic mass is 16.5. The van der Waals surface area contributed by atoms with Gasteiger partial charge in [-0.3, -0.25) is 0 Å². The Morgan fingerprint density at radius 2 is 1.06 bits per heavy atom. The maximum absolute atomic E-state index is 10.7. The van der Waals surface area contributed by atoms with Crippen molar-refractivity contribution in [2.75, 3.05) is 13.6 Å². The van der Waals surface area contributed by atoms with E-state index in [0.717, 1.165) is 13.0 Å². The van der Waals surface area contributed by atoms with Gasteiger partial charge in [0.15, 0.2) is 0 Å². The van der Waals surface area contributed by atoms with E-state index >= 15 is 0 Å². The summed E-state index contributed by atoms with van der Waals surface area (Å²) in [6, 6.07) is 0. The molecule has 0 bridgehead atoms. The fourth-order valence-corrected chi connectivity index (χ4v) is 2.04. The molecule has 0 heterocycles. The van der Waals surface area contributed by atoms with Crippen LogP contribution in [0.3, 0.4) is 0 Å². The average Bonchev–Trinajstić information content (AvgIpc) is 2.25. The first kappa shape index (κ1) is 15.9. The second-order valence-electron chi connectivity index (χ2n) is 4.99. The Hall–Kier alpha value is -0.0800. The summed E-state index contributed by atoms with van der Waals surface area (Å²) >= 11 is 0. The zero-order valence-electron chi connectivity index (χ0n) is 11.4. The van der Waals surface area contributed by atoms with Crippen LogP contribution in [0.4, 0.5) is 0 Å².